The lowest BCUT2D eigenvalue weighted by molar-refractivity contribution is -0.122. The third-order valence-electron chi connectivity index (χ3n) is 2.03. The Hall–Kier alpha value is -0.940. The van der Waals surface area contributed by atoms with E-state index in [4.69, 9.17) is 5.73 Å². The minimum absolute atomic E-state index is 0.00254. The van der Waals surface area contributed by atoms with Crippen LogP contribution in [-0.2, 0) is 9.59 Å². The van der Waals surface area contributed by atoms with E-state index in [1.165, 1.54) is 0 Å². The van der Waals surface area contributed by atoms with E-state index in [1.807, 2.05) is 6.92 Å². The highest BCUT2D eigenvalue weighted by Gasteiger charge is 2.15. The lowest BCUT2D eigenvalue weighted by Gasteiger charge is -2.13. The highest BCUT2D eigenvalue weighted by molar-refractivity contribution is 5.84. The van der Waals surface area contributed by atoms with Crippen LogP contribution in [0.4, 0.5) is 0 Å². The Labute approximate surface area is 84.4 Å². The van der Waals surface area contributed by atoms with E-state index in [9.17, 15) is 9.59 Å². The van der Waals surface area contributed by atoms with Gasteiger partial charge in [-0.2, -0.15) is 0 Å². The fourth-order valence-electron chi connectivity index (χ4n) is 1.11. The van der Waals surface area contributed by atoms with E-state index in [-0.39, 0.29) is 30.7 Å². The summed E-state index contributed by atoms with van der Waals surface area (Å²) in [6.45, 7) is 2.60. The molecular weight excluding hydrogens is 182 g/mol. The molecule has 0 aliphatic carbocycles. The molecule has 0 saturated carbocycles. The third kappa shape index (κ3) is 4.94. The van der Waals surface area contributed by atoms with Crippen molar-refractivity contribution in [2.75, 3.05) is 26.7 Å². The number of hydrogen-bond donors (Lipinski definition) is 3. The molecule has 1 atom stereocenters. The Morgan fingerprint density at radius 2 is 2.07 bits per heavy atom. The van der Waals surface area contributed by atoms with Gasteiger partial charge in [0.05, 0.1) is 13.1 Å². The summed E-state index contributed by atoms with van der Waals surface area (Å²) in [5.41, 5.74) is 5.24. The van der Waals surface area contributed by atoms with E-state index >= 15 is 0 Å². The van der Waals surface area contributed by atoms with Gasteiger partial charge >= 0.3 is 0 Å². The molecule has 0 aliphatic heterocycles. The number of nitrogens with one attached hydrogen (secondary N) is 2. The smallest absolute Gasteiger partial charge is 0.233 e. The molecule has 0 saturated heterocycles. The second-order valence-corrected chi connectivity index (χ2v) is 3.11. The van der Waals surface area contributed by atoms with Crippen molar-refractivity contribution in [3.05, 3.63) is 0 Å². The molecule has 0 aromatic carbocycles. The van der Waals surface area contributed by atoms with Gasteiger partial charge in [-0.15, -0.1) is 0 Å². The first-order chi connectivity index (χ1) is 6.65. The number of likely N-dealkylation sites (N-methyl/N-ethyl adjacent to an activating group) is 1. The van der Waals surface area contributed by atoms with Gasteiger partial charge in [-0.1, -0.05) is 6.92 Å². The maximum Gasteiger partial charge on any atom is 0.233 e. The van der Waals surface area contributed by atoms with Crippen molar-refractivity contribution in [3.8, 4) is 0 Å². The number of carbonyl (C=O) groups excluding carboxylic acids is 2. The molecule has 1 amide bonds. The maximum absolute atomic E-state index is 11.2. The summed E-state index contributed by atoms with van der Waals surface area (Å²) < 4.78 is 0. The monoisotopic (exact) mass is 201 g/mol. The second-order valence-electron chi connectivity index (χ2n) is 3.11. The Kier molecular flexibility index (Phi) is 6.96. The molecule has 1 unspecified atom stereocenters. The fraction of sp³-hybridized carbons (Fsp3) is 0.778. The minimum Gasteiger partial charge on any atom is -0.354 e. The summed E-state index contributed by atoms with van der Waals surface area (Å²) >= 11 is 0. The number of carbonyl (C=O) groups is 2. The van der Waals surface area contributed by atoms with Gasteiger partial charge in [0.15, 0.2) is 5.78 Å². The topological polar surface area (TPSA) is 84.2 Å². The van der Waals surface area contributed by atoms with Gasteiger partial charge in [0.1, 0.15) is 0 Å². The first-order valence-corrected chi connectivity index (χ1v) is 4.79. The van der Waals surface area contributed by atoms with Crippen molar-refractivity contribution in [2.45, 2.75) is 13.3 Å². The second kappa shape index (κ2) is 7.46. The zero-order valence-electron chi connectivity index (χ0n) is 8.80. The van der Waals surface area contributed by atoms with Gasteiger partial charge in [-0.05, 0) is 13.5 Å². The summed E-state index contributed by atoms with van der Waals surface area (Å²) in [5, 5.41) is 5.40. The number of Topliss-reactive ketones (excluding diaryl/α,β-unsaturated/α-hetero) is 1. The molecule has 0 heterocycles. The van der Waals surface area contributed by atoms with Crippen molar-refractivity contribution < 1.29 is 9.59 Å². The summed E-state index contributed by atoms with van der Waals surface area (Å²) in [7, 11) is 1.70. The van der Waals surface area contributed by atoms with Crippen LogP contribution in [0.2, 0.25) is 0 Å². The molecule has 0 aromatic rings. The SMILES string of the molecule is CCC(CNC(=O)CNC)C(=O)CN. The molecule has 14 heavy (non-hydrogen) atoms. The van der Waals surface area contributed by atoms with Crippen LogP contribution in [0.15, 0.2) is 0 Å². The quantitative estimate of drug-likeness (QED) is 0.487. The number of ketones is 1. The lowest BCUT2D eigenvalue weighted by atomic mass is 10.0. The van der Waals surface area contributed by atoms with Crippen molar-refractivity contribution in [1.29, 1.82) is 0 Å². The molecule has 0 aliphatic rings. The summed E-state index contributed by atoms with van der Waals surface area (Å²) in [4.78, 5) is 22.3. The molecule has 5 nitrogen and oxygen atoms in total. The number of nitrogens with two attached hydrogens (primary N) is 1. The predicted molar refractivity (Wildman–Crippen MR) is 54.8 cm³/mol. The van der Waals surface area contributed by atoms with E-state index in [0.717, 1.165) is 0 Å². The molecule has 0 fully saturated rings. The molecule has 4 N–H and O–H groups in total. The summed E-state index contributed by atoms with van der Waals surface area (Å²) in [6.07, 6.45) is 0.704. The number of hydrogen-bond acceptors (Lipinski definition) is 4. The zero-order chi connectivity index (χ0) is 11.0. The van der Waals surface area contributed by atoms with Gasteiger partial charge in [0.25, 0.3) is 0 Å². The molecule has 0 aromatic heterocycles. The van der Waals surface area contributed by atoms with Crippen LogP contribution in [0.25, 0.3) is 0 Å². The van der Waals surface area contributed by atoms with Crippen molar-refractivity contribution in [2.24, 2.45) is 11.7 Å². The van der Waals surface area contributed by atoms with E-state index in [1.54, 1.807) is 7.05 Å². The van der Waals surface area contributed by atoms with Crippen LogP contribution in [0.1, 0.15) is 13.3 Å². The largest absolute Gasteiger partial charge is 0.354 e. The van der Waals surface area contributed by atoms with Crippen molar-refractivity contribution in [1.82, 2.24) is 10.6 Å². The Balaban J connectivity index is 3.83. The van der Waals surface area contributed by atoms with Gasteiger partial charge in [-0.3, -0.25) is 9.59 Å². The van der Waals surface area contributed by atoms with Crippen LogP contribution in [0.3, 0.4) is 0 Å². The summed E-state index contributed by atoms with van der Waals surface area (Å²) in [6, 6.07) is 0. The first-order valence-electron chi connectivity index (χ1n) is 4.79. The molecule has 0 spiro atoms. The average molecular weight is 201 g/mol. The number of amides is 1. The molecule has 5 heteroatoms. The summed E-state index contributed by atoms with van der Waals surface area (Å²) in [5.74, 6) is -0.256. The van der Waals surface area contributed by atoms with Crippen LogP contribution in [-0.4, -0.2) is 38.4 Å². The standard InChI is InChI=1S/C9H19N3O2/c1-3-7(8(13)4-10)5-12-9(14)6-11-2/h7,11H,3-6,10H2,1-2H3,(H,12,14). The van der Waals surface area contributed by atoms with Gasteiger partial charge in [-0.25, -0.2) is 0 Å². The van der Waals surface area contributed by atoms with E-state index < -0.39 is 0 Å². The average Bonchev–Trinajstić information content (AvgIpc) is 2.18. The highest BCUT2D eigenvalue weighted by atomic mass is 16.2. The van der Waals surface area contributed by atoms with Crippen LogP contribution in [0.5, 0.6) is 0 Å². The highest BCUT2D eigenvalue weighted by Crippen LogP contribution is 2.01. The van der Waals surface area contributed by atoms with Gasteiger partial charge in [0, 0.05) is 12.5 Å². The lowest BCUT2D eigenvalue weighted by Crippen LogP contribution is -2.38. The van der Waals surface area contributed by atoms with Crippen LogP contribution < -0.4 is 16.4 Å². The fourth-order valence-corrected chi connectivity index (χ4v) is 1.11. The van der Waals surface area contributed by atoms with Crippen molar-refractivity contribution >= 4 is 11.7 Å². The van der Waals surface area contributed by atoms with Crippen LogP contribution >= 0.6 is 0 Å². The zero-order valence-corrected chi connectivity index (χ0v) is 8.80. The Morgan fingerprint density at radius 3 is 2.50 bits per heavy atom. The molecule has 0 bridgehead atoms. The number of rotatable bonds is 7. The van der Waals surface area contributed by atoms with Crippen LogP contribution in [0, 0.1) is 5.92 Å². The van der Waals surface area contributed by atoms with E-state index in [0.29, 0.717) is 13.0 Å². The predicted octanol–water partition coefficient (Wildman–Crippen LogP) is -1.12. The molecule has 0 rings (SSSR count). The van der Waals surface area contributed by atoms with Gasteiger partial charge < -0.3 is 16.4 Å². The third-order valence-corrected chi connectivity index (χ3v) is 2.03. The molecular formula is C9H19N3O2. The Morgan fingerprint density at radius 1 is 1.43 bits per heavy atom. The minimum atomic E-state index is -0.152. The normalized spacial score (nSPS) is 12.2. The Bertz CT molecular complexity index is 194. The van der Waals surface area contributed by atoms with E-state index in [2.05, 4.69) is 10.6 Å². The molecule has 82 valence electrons. The van der Waals surface area contributed by atoms with Crippen molar-refractivity contribution in [3.63, 3.8) is 0 Å². The molecule has 0 radical (unpaired) electrons. The maximum atomic E-state index is 11.2. The first kappa shape index (κ1) is 13.1. The van der Waals surface area contributed by atoms with Gasteiger partial charge in [0.2, 0.25) is 5.91 Å².